The number of guanidine groups is 1. The molecule has 5 N–H and O–H groups in total. The zero-order chi connectivity index (χ0) is 10.6. The number of nitrogens with one attached hydrogen (secondary N) is 1. The predicted molar refractivity (Wildman–Crippen MR) is 63.5 cm³/mol. The van der Waals surface area contributed by atoms with E-state index in [9.17, 15) is 4.79 Å². The number of hydrogen-bond donors (Lipinski definition) is 3. The first-order chi connectivity index (χ1) is 6.58. The summed E-state index contributed by atoms with van der Waals surface area (Å²) in [6, 6.07) is 6.88. The van der Waals surface area contributed by atoms with E-state index in [1.54, 1.807) is 24.3 Å². The molecular formula is C9H13ClN4O. The average molecular weight is 229 g/mol. The van der Waals surface area contributed by atoms with E-state index in [2.05, 4.69) is 10.3 Å². The summed E-state index contributed by atoms with van der Waals surface area (Å²) in [6.07, 6.45) is 0. The third kappa shape index (κ3) is 4.87. The first kappa shape index (κ1) is 13.2. The van der Waals surface area contributed by atoms with Gasteiger partial charge in [-0.3, -0.25) is 4.79 Å². The fourth-order valence-electron chi connectivity index (χ4n) is 0.972. The molecule has 6 heteroatoms. The van der Waals surface area contributed by atoms with Crippen molar-refractivity contribution >= 4 is 35.6 Å². The van der Waals surface area contributed by atoms with Crippen LogP contribution in [0.2, 0.25) is 0 Å². The second kappa shape index (κ2) is 5.87. The van der Waals surface area contributed by atoms with Crippen LogP contribution in [0.4, 0.5) is 11.4 Å². The molecule has 15 heavy (non-hydrogen) atoms. The Morgan fingerprint density at radius 3 is 2.20 bits per heavy atom. The van der Waals surface area contributed by atoms with Gasteiger partial charge in [0.1, 0.15) is 0 Å². The standard InChI is InChI=1S/C9H12N4O.ClH/c1-6(14)12-7-2-4-8(5-3-7)13-9(10)11;/h2-5H,1H3,(H,12,14)(H4,10,11,13);1H. The van der Waals surface area contributed by atoms with Crippen LogP contribution >= 0.6 is 12.4 Å². The molecule has 0 aromatic heterocycles. The predicted octanol–water partition coefficient (Wildman–Crippen LogP) is 0.972. The lowest BCUT2D eigenvalue weighted by molar-refractivity contribution is -0.114. The van der Waals surface area contributed by atoms with Crippen LogP contribution in [0.25, 0.3) is 0 Å². The Balaban J connectivity index is 0.00000196. The average Bonchev–Trinajstić information content (AvgIpc) is 2.06. The molecule has 0 aliphatic rings. The van der Waals surface area contributed by atoms with Gasteiger partial charge in [0.25, 0.3) is 0 Å². The normalized spacial score (nSPS) is 8.60. The van der Waals surface area contributed by atoms with Crippen LogP contribution in [-0.2, 0) is 4.79 Å². The van der Waals surface area contributed by atoms with Crippen molar-refractivity contribution in [2.24, 2.45) is 16.5 Å². The minimum Gasteiger partial charge on any atom is -0.370 e. The van der Waals surface area contributed by atoms with Crippen LogP contribution in [0.3, 0.4) is 0 Å². The van der Waals surface area contributed by atoms with Gasteiger partial charge in [-0.05, 0) is 24.3 Å². The molecule has 0 radical (unpaired) electrons. The Bertz CT molecular complexity index is 357. The van der Waals surface area contributed by atoms with E-state index < -0.39 is 0 Å². The number of nitrogens with two attached hydrogens (primary N) is 2. The summed E-state index contributed by atoms with van der Waals surface area (Å²) in [5.74, 6) is -0.100. The third-order valence-electron chi connectivity index (χ3n) is 1.45. The van der Waals surface area contributed by atoms with Gasteiger partial charge in [-0.25, -0.2) is 4.99 Å². The smallest absolute Gasteiger partial charge is 0.221 e. The Labute approximate surface area is 94.0 Å². The highest BCUT2D eigenvalue weighted by Crippen LogP contribution is 2.15. The van der Waals surface area contributed by atoms with Gasteiger partial charge in [-0.15, -0.1) is 12.4 Å². The van der Waals surface area contributed by atoms with Gasteiger partial charge in [0.15, 0.2) is 5.96 Å². The molecule has 0 heterocycles. The first-order valence-corrected chi connectivity index (χ1v) is 4.05. The maximum Gasteiger partial charge on any atom is 0.221 e. The number of nitrogens with zero attached hydrogens (tertiary/aromatic N) is 1. The van der Waals surface area contributed by atoms with Crippen LogP contribution in [0.5, 0.6) is 0 Å². The highest BCUT2D eigenvalue weighted by atomic mass is 35.5. The number of amides is 1. The fourth-order valence-corrected chi connectivity index (χ4v) is 0.972. The lowest BCUT2D eigenvalue weighted by Crippen LogP contribution is -2.21. The molecule has 0 saturated carbocycles. The van der Waals surface area contributed by atoms with Crippen molar-refractivity contribution in [3.05, 3.63) is 24.3 Å². The van der Waals surface area contributed by atoms with Crippen molar-refractivity contribution in [3.8, 4) is 0 Å². The monoisotopic (exact) mass is 228 g/mol. The quantitative estimate of drug-likeness (QED) is 0.520. The SMILES string of the molecule is CC(=O)Nc1ccc(N=C(N)N)cc1.Cl. The first-order valence-electron chi connectivity index (χ1n) is 4.05. The molecule has 0 saturated heterocycles. The van der Waals surface area contributed by atoms with Gasteiger partial charge < -0.3 is 16.8 Å². The zero-order valence-corrected chi connectivity index (χ0v) is 9.04. The fraction of sp³-hybridized carbons (Fsp3) is 0.111. The number of hydrogen-bond acceptors (Lipinski definition) is 2. The number of carbonyl (C=O) groups excluding carboxylic acids is 1. The summed E-state index contributed by atoms with van der Waals surface area (Å²) < 4.78 is 0. The van der Waals surface area contributed by atoms with E-state index in [4.69, 9.17) is 11.5 Å². The molecule has 1 rings (SSSR count). The van der Waals surface area contributed by atoms with Crippen LogP contribution in [-0.4, -0.2) is 11.9 Å². The molecule has 0 bridgehead atoms. The number of carbonyl (C=O) groups is 1. The highest BCUT2D eigenvalue weighted by molar-refractivity contribution is 5.88. The summed E-state index contributed by atoms with van der Waals surface area (Å²) in [6.45, 7) is 1.45. The van der Waals surface area contributed by atoms with Gasteiger partial charge >= 0.3 is 0 Å². The van der Waals surface area contributed by atoms with Gasteiger partial charge in [0.05, 0.1) is 5.69 Å². The molecule has 5 nitrogen and oxygen atoms in total. The topological polar surface area (TPSA) is 93.5 Å². The van der Waals surface area contributed by atoms with E-state index in [0.29, 0.717) is 11.4 Å². The summed E-state index contributed by atoms with van der Waals surface area (Å²) in [5, 5.41) is 2.64. The number of anilines is 1. The summed E-state index contributed by atoms with van der Waals surface area (Å²) in [7, 11) is 0. The molecule has 0 fully saturated rings. The molecule has 0 aliphatic heterocycles. The van der Waals surface area contributed by atoms with E-state index in [0.717, 1.165) is 0 Å². The van der Waals surface area contributed by atoms with E-state index in [1.165, 1.54) is 6.92 Å². The Hall–Kier alpha value is -1.75. The number of halogens is 1. The van der Waals surface area contributed by atoms with E-state index >= 15 is 0 Å². The van der Waals surface area contributed by atoms with Crippen molar-refractivity contribution in [1.29, 1.82) is 0 Å². The third-order valence-corrected chi connectivity index (χ3v) is 1.45. The van der Waals surface area contributed by atoms with Gasteiger partial charge in [-0.2, -0.15) is 0 Å². The Kier molecular flexibility index (Phi) is 5.19. The second-order valence-corrected chi connectivity index (χ2v) is 2.76. The van der Waals surface area contributed by atoms with Gasteiger partial charge in [-0.1, -0.05) is 0 Å². The summed E-state index contributed by atoms with van der Waals surface area (Å²) in [5.41, 5.74) is 11.8. The van der Waals surface area contributed by atoms with Crippen molar-refractivity contribution in [2.75, 3.05) is 5.32 Å². The lowest BCUT2D eigenvalue weighted by Gasteiger charge is -2.01. The minimum atomic E-state index is -0.111. The van der Waals surface area contributed by atoms with E-state index in [1.807, 2.05) is 0 Å². The Morgan fingerprint density at radius 2 is 1.80 bits per heavy atom. The molecular weight excluding hydrogens is 216 g/mol. The minimum absolute atomic E-state index is 0. The maximum atomic E-state index is 10.7. The van der Waals surface area contributed by atoms with Crippen LogP contribution in [0.1, 0.15) is 6.92 Å². The Morgan fingerprint density at radius 1 is 1.27 bits per heavy atom. The van der Waals surface area contributed by atoms with Gasteiger partial charge in [0, 0.05) is 12.6 Å². The zero-order valence-electron chi connectivity index (χ0n) is 8.23. The molecule has 1 amide bonds. The van der Waals surface area contributed by atoms with Crippen LogP contribution in [0.15, 0.2) is 29.3 Å². The van der Waals surface area contributed by atoms with Crippen molar-refractivity contribution in [1.82, 2.24) is 0 Å². The molecule has 0 unspecified atom stereocenters. The number of benzene rings is 1. The van der Waals surface area contributed by atoms with Crippen molar-refractivity contribution < 1.29 is 4.79 Å². The van der Waals surface area contributed by atoms with Crippen molar-refractivity contribution in [2.45, 2.75) is 6.92 Å². The van der Waals surface area contributed by atoms with E-state index in [-0.39, 0.29) is 24.3 Å². The molecule has 0 spiro atoms. The van der Waals surface area contributed by atoms with Crippen molar-refractivity contribution in [3.63, 3.8) is 0 Å². The lowest BCUT2D eigenvalue weighted by atomic mass is 10.3. The number of rotatable bonds is 2. The molecule has 0 aliphatic carbocycles. The maximum absolute atomic E-state index is 10.7. The molecule has 1 aromatic rings. The summed E-state index contributed by atoms with van der Waals surface area (Å²) >= 11 is 0. The second-order valence-electron chi connectivity index (χ2n) is 2.76. The largest absolute Gasteiger partial charge is 0.370 e. The molecule has 0 atom stereocenters. The van der Waals surface area contributed by atoms with Gasteiger partial charge in [0.2, 0.25) is 5.91 Å². The van der Waals surface area contributed by atoms with Crippen LogP contribution in [0, 0.1) is 0 Å². The number of aliphatic imine (C=N–C) groups is 1. The highest BCUT2D eigenvalue weighted by Gasteiger charge is 1.95. The summed E-state index contributed by atoms with van der Waals surface area (Å²) in [4.78, 5) is 14.5. The molecule has 1 aromatic carbocycles. The molecule has 82 valence electrons. The van der Waals surface area contributed by atoms with Crippen LogP contribution < -0.4 is 16.8 Å².